The van der Waals surface area contributed by atoms with Crippen molar-refractivity contribution in [2.75, 3.05) is 45.9 Å². The predicted octanol–water partition coefficient (Wildman–Crippen LogP) is 1.92. The SMILES string of the molecule is NCCOCCNC(=O)[C@@H]1CCNC(=O)/C=C/C(=O)N2CCC[C@](Cc3ccccc3)(C2)C(=O)NC(Cc2ccc(-c3ccc(-c4nn[nH]n4)cc3)cc2)C(=O)NCc2ccccc2CC(=O)N1. The molecule has 5 aromatic rings. The van der Waals surface area contributed by atoms with Gasteiger partial charge in [-0.05, 0) is 64.3 Å². The van der Waals surface area contributed by atoms with Gasteiger partial charge >= 0.3 is 0 Å². The molecule has 1 unspecified atom stereocenters. The molecule has 2 aliphatic heterocycles. The first kappa shape index (κ1) is 48.4. The molecule has 68 heavy (non-hydrogen) atoms. The van der Waals surface area contributed by atoms with Crippen LogP contribution < -0.4 is 32.3 Å². The van der Waals surface area contributed by atoms with Gasteiger partial charge in [0.1, 0.15) is 12.1 Å². The van der Waals surface area contributed by atoms with Crippen LogP contribution in [0.4, 0.5) is 0 Å². The Morgan fingerprint density at radius 3 is 2.26 bits per heavy atom. The average molecular weight is 924 g/mol. The van der Waals surface area contributed by atoms with E-state index in [1.54, 1.807) is 29.2 Å². The van der Waals surface area contributed by atoms with Gasteiger partial charge in [-0.2, -0.15) is 5.21 Å². The zero-order valence-corrected chi connectivity index (χ0v) is 37.7. The molecule has 2 bridgehead atoms. The number of aromatic nitrogens is 4. The van der Waals surface area contributed by atoms with Gasteiger partial charge < -0.3 is 42.0 Å². The van der Waals surface area contributed by atoms with E-state index in [9.17, 15) is 28.8 Å². The highest BCUT2D eigenvalue weighted by atomic mass is 16.5. The number of aromatic amines is 1. The number of amides is 6. The van der Waals surface area contributed by atoms with Crippen molar-refractivity contribution in [3.05, 3.63) is 138 Å². The van der Waals surface area contributed by atoms with Crippen LogP contribution in [0.25, 0.3) is 22.5 Å². The third-order valence-electron chi connectivity index (χ3n) is 12.1. The molecule has 1 fully saturated rings. The van der Waals surface area contributed by atoms with E-state index in [4.69, 9.17) is 10.5 Å². The molecule has 1 saturated heterocycles. The highest BCUT2D eigenvalue weighted by Crippen LogP contribution is 2.35. The monoisotopic (exact) mass is 923 g/mol. The number of ether oxygens (including phenoxy) is 1. The molecule has 6 amide bonds. The number of carbonyl (C=O) groups is 6. The number of carbonyl (C=O) groups excluding carboxylic acids is 6. The number of fused-ring (bicyclic) bond motifs is 3. The van der Waals surface area contributed by atoms with E-state index in [2.05, 4.69) is 47.2 Å². The standard InChI is InChI=1S/C50H57N11O7/c51-23-27-68-28-25-53-47(65)41-21-24-52-43(62)19-20-45(64)61-26-6-22-50(33-61,31-35-7-2-1-3-8-35)49(67)56-42(48(66)54-32-40-10-5-4-9-39(40)30-44(63)55-41)29-34-11-13-36(14-12-34)37-15-17-38(18-16-37)46-57-59-60-58-46/h1-5,7-20,41-42H,6,21-33,51H2,(H,52,62)(H,53,65)(H,54,66)(H,55,63)(H,56,67)(H,57,58,59,60)/b20-19+/t41-,42?,50-/m0/s1. The summed E-state index contributed by atoms with van der Waals surface area (Å²) in [6.07, 6.45) is 3.62. The maximum Gasteiger partial charge on any atom is 0.246 e. The Bertz CT molecular complexity index is 2540. The van der Waals surface area contributed by atoms with Gasteiger partial charge in [0.15, 0.2) is 0 Å². The van der Waals surface area contributed by atoms with Crippen LogP contribution in [0.5, 0.6) is 0 Å². The third kappa shape index (κ3) is 13.3. The molecule has 8 N–H and O–H groups in total. The summed E-state index contributed by atoms with van der Waals surface area (Å²) in [5.74, 6) is -2.28. The Labute approximate surface area is 394 Å². The van der Waals surface area contributed by atoms with Crippen LogP contribution in [0.3, 0.4) is 0 Å². The number of tetrazole rings is 1. The Morgan fingerprint density at radius 1 is 0.809 bits per heavy atom. The quantitative estimate of drug-likeness (QED) is 0.0891. The van der Waals surface area contributed by atoms with Crippen LogP contribution in [-0.2, 0) is 59.3 Å². The zero-order valence-electron chi connectivity index (χ0n) is 37.7. The van der Waals surface area contributed by atoms with Crippen LogP contribution in [0, 0.1) is 5.41 Å². The second-order valence-electron chi connectivity index (χ2n) is 16.9. The lowest BCUT2D eigenvalue weighted by atomic mass is 9.74. The van der Waals surface area contributed by atoms with Gasteiger partial charge in [-0.1, -0.05) is 103 Å². The lowest BCUT2D eigenvalue weighted by Gasteiger charge is -2.42. The van der Waals surface area contributed by atoms with Crippen LogP contribution >= 0.6 is 0 Å². The summed E-state index contributed by atoms with van der Waals surface area (Å²) in [5.41, 5.74) is 10.0. The summed E-state index contributed by atoms with van der Waals surface area (Å²) >= 11 is 0. The molecule has 1 aromatic heterocycles. The van der Waals surface area contributed by atoms with Gasteiger partial charge in [0.2, 0.25) is 41.3 Å². The molecule has 7 rings (SSSR count). The van der Waals surface area contributed by atoms with E-state index >= 15 is 0 Å². The molecule has 18 nitrogen and oxygen atoms in total. The van der Waals surface area contributed by atoms with Gasteiger partial charge in [-0.3, -0.25) is 28.8 Å². The number of nitrogens with zero attached hydrogens (tertiary/aromatic N) is 4. The number of nitrogens with two attached hydrogens (primary N) is 1. The molecule has 0 aliphatic carbocycles. The minimum Gasteiger partial charge on any atom is -0.378 e. The van der Waals surface area contributed by atoms with Gasteiger partial charge in [-0.25, -0.2) is 0 Å². The number of benzene rings is 4. The van der Waals surface area contributed by atoms with Crippen molar-refractivity contribution in [1.82, 2.24) is 52.1 Å². The summed E-state index contributed by atoms with van der Waals surface area (Å²) < 4.78 is 5.37. The maximum absolute atomic E-state index is 15.0. The highest BCUT2D eigenvalue weighted by Gasteiger charge is 2.44. The number of nitrogens with one attached hydrogen (secondary N) is 6. The summed E-state index contributed by atoms with van der Waals surface area (Å²) in [6, 6.07) is 30.1. The fraction of sp³-hybridized carbons (Fsp3) is 0.340. The molecule has 4 aromatic carbocycles. The van der Waals surface area contributed by atoms with Crippen molar-refractivity contribution in [3.8, 4) is 22.5 Å². The van der Waals surface area contributed by atoms with E-state index < -0.39 is 47.0 Å². The van der Waals surface area contributed by atoms with Gasteiger partial charge in [0.25, 0.3) is 0 Å². The Morgan fingerprint density at radius 2 is 1.53 bits per heavy atom. The summed E-state index contributed by atoms with van der Waals surface area (Å²) in [6.45, 7) is 1.52. The molecule has 354 valence electrons. The minimum atomic E-state index is -1.12. The van der Waals surface area contributed by atoms with E-state index in [0.717, 1.165) is 33.9 Å². The van der Waals surface area contributed by atoms with Gasteiger partial charge in [0, 0.05) is 63.4 Å². The summed E-state index contributed by atoms with van der Waals surface area (Å²) in [7, 11) is 0. The van der Waals surface area contributed by atoms with Crippen LogP contribution in [0.15, 0.2) is 115 Å². The Balaban J connectivity index is 1.17. The van der Waals surface area contributed by atoms with Crippen molar-refractivity contribution >= 4 is 35.4 Å². The van der Waals surface area contributed by atoms with E-state index in [1.165, 1.54) is 6.08 Å². The lowest BCUT2D eigenvalue weighted by molar-refractivity contribution is -0.141. The molecule has 2 aliphatic rings. The second kappa shape index (κ2) is 23.7. The highest BCUT2D eigenvalue weighted by molar-refractivity contribution is 5.97. The number of rotatable bonds is 12. The molecule has 3 atom stereocenters. The number of piperidine rings is 1. The van der Waals surface area contributed by atoms with Crippen molar-refractivity contribution in [2.45, 2.75) is 57.2 Å². The van der Waals surface area contributed by atoms with E-state index in [0.29, 0.717) is 55.9 Å². The number of hydrogen-bond donors (Lipinski definition) is 7. The molecular formula is C50H57N11O7. The van der Waals surface area contributed by atoms with Gasteiger partial charge in [-0.15, -0.1) is 10.2 Å². The summed E-state index contributed by atoms with van der Waals surface area (Å²) in [5, 5.41) is 28.6. The Kier molecular flexibility index (Phi) is 16.9. The van der Waals surface area contributed by atoms with Crippen molar-refractivity contribution in [2.24, 2.45) is 11.1 Å². The van der Waals surface area contributed by atoms with E-state index in [1.807, 2.05) is 78.9 Å². The topological polar surface area (TPSA) is 256 Å². The number of hydrogen-bond acceptors (Lipinski definition) is 11. The molecular weight excluding hydrogens is 867 g/mol. The normalized spacial score (nSPS) is 20.3. The molecule has 3 heterocycles. The summed E-state index contributed by atoms with van der Waals surface area (Å²) in [4.78, 5) is 84.7. The first-order valence-corrected chi connectivity index (χ1v) is 22.8. The fourth-order valence-electron chi connectivity index (χ4n) is 8.50. The Hall–Kier alpha value is -7.57. The molecule has 0 radical (unpaired) electrons. The second-order valence-corrected chi connectivity index (χ2v) is 16.9. The maximum atomic E-state index is 15.0. The van der Waals surface area contributed by atoms with Crippen LogP contribution in [0.1, 0.15) is 41.5 Å². The third-order valence-corrected chi connectivity index (χ3v) is 12.1. The first-order chi connectivity index (χ1) is 33.1. The predicted molar refractivity (Wildman–Crippen MR) is 253 cm³/mol. The molecule has 0 saturated carbocycles. The number of H-pyrrole nitrogens is 1. The van der Waals surface area contributed by atoms with Crippen molar-refractivity contribution in [3.63, 3.8) is 0 Å². The zero-order chi connectivity index (χ0) is 47.7. The smallest absolute Gasteiger partial charge is 0.246 e. The average Bonchev–Trinajstić information content (AvgIpc) is 3.91. The minimum absolute atomic E-state index is 0.00869. The van der Waals surface area contributed by atoms with Gasteiger partial charge in [0.05, 0.1) is 25.0 Å². The van der Waals surface area contributed by atoms with Crippen molar-refractivity contribution < 1.29 is 33.5 Å². The molecule has 0 spiro atoms. The largest absolute Gasteiger partial charge is 0.378 e. The fourth-order valence-corrected chi connectivity index (χ4v) is 8.50. The van der Waals surface area contributed by atoms with Crippen molar-refractivity contribution in [1.29, 1.82) is 0 Å². The molecule has 18 heteroatoms. The first-order valence-electron chi connectivity index (χ1n) is 22.8. The van der Waals surface area contributed by atoms with Crippen LogP contribution in [0.2, 0.25) is 0 Å². The lowest BCUT2D eigenvalue weighted by Crippen LogP contribution is -2.58. The van der Waals surface area contributed by atoms with Crippen LogP contribution in [-0.4, -0.2) is 119 Å². The van der Waals surface area contributed by atoms with E-state index in [-0.39, 0.29) is 58.0 Å².